The summed E-state index contributed by atoms with van der Waals surface area (Å²) in [5, 5.41) is 1.23. The molecule has 0 bridgehead atoms. The van der Waals surface area contributed by atoms with Gasteiger partial charge in [-0.15, -0.1) is 0 Å². The first kappa shape index (κ1) is 15.6. The van der Waals surface area contributed by atoms with Crippen LogP contribution in [0, 0.1) is 5.92 Å². The second-order valence-electron chi connectivity index (χ2n) is 7.26. The lowest BCUT2D eigenvalue weighted by atomic mass is 9.89. The lowest BCUT2D eigenvalue weighted by molar-refractivity contribution is -0.136. The van der Waals surface area contributed by atoms with Crippen molar-refractivity contribution in [2.75, 3.05) is 20.2 Å². The fourth-order valence-corrected chi connectivity index (χ4v) is 4.45. The maximum Gasteiger partial charge on any atom is 0.225 e. The minimum absolute atomic E-state index is 0.284. The number of aromatic amines is 1. The number of nitrogens with one attached hydrogen (secondary N) is 1. The first-order valence-corrected chi connectivity index (χ1v) is 9.20. The maximum atomic E-state index is 12.8. The third-order valence-electron chi connectivity index (χ3n) is 5.80. The average molecular weight is 326 g/mol. The number of ether oxygens (including phenoxy) is 1. The molecule has 1 aliphatic heterocycles. The van der Waals surface area contributed by atoms with Gasteiger partial charge >= 0.3 is 0 Å². The monoisotopic (exact) mass is 326 g/mol. The van der Waals surface area contributed by atoms with E-state index >= 15 is 0 Å². The number of benzene rings is 1. The van der Waals surface area contributed by atoms with Gasteiger partial charge in [0.2, 0.25) is 5.91 Å². The van der Waals surface area contributed by atoms with Gasteiger partial charge in [-0.1, -0.05) is 12.8 Å². The molecule has 1 aromatic carbocycles. The van der Waals surface area contributed by atoms with Gasteiger partial charge in [0.05, 0.1) is 7.11 Å². The number of methoxy groups -OCH3 is 1. The fraction of sp³-hybridized carbons (Fsp3) is 0.550. The molecule has 2 fully saturated rings. The second-order valence-corrected chi connectivity index (χ2v) is 7.26. The summed E-state index contributed by atoms with van der Waals surface area (Å²) in [6.07, 6.45) is 8.98. The van der Waals surface area contributed by atoms with Crippen molar-refractivity contribution in [2.45, 2.75) is 44.4 Å². The highest BCUT2D eigenvalue weighted by atomic mass is 16.5. The van der Waals surface area contributed by atoms with Gasteiger partial charge in [0.1, 0.15) is 5.75 Å². The molecule has 4 rings (SSSR count). The third kappa shape index (κ3) is 2.79. The van der Waals surface area contributed by atoms with Crippen LogP contribution in [0.3, 0.4) is 0 Å². The third-order valence-corrected chi connectivity index (χ3v) is 5.80. The Bertz CT molecular complexity index is 730. The number of hydrogen-bond donors (Lipinski definition) is 1. The van der Waals surface area contributed by atoms with Crippen molar-refractivity contribution in [3.63, 3.8) is 0 Å². The van der Waals surface area contributed by atoms with Gasteiger partial charge < -0.3 is 14.6 Å². The van der Waals surface area contributed by atoms with E-state index in [1.807, 2.05) is 6.07 Å². The van der Waals surface area contributed by atoms with Crippen LogP contribution in [0.2, 0.25) is 0 Å². The van der Waals surface area contributed by atoms with Crippen molar-refractivity contribution in [2.24, 2.45) is 5.92 Å². The molecule has 1 aliphatic carbocycles. The first-order valence-electron chi connectivity index (χ1n) is 9.20. The van der Waals surface area contributed by atoms with Gasteiger partial charge in [-0.25, -0.2) is 0 Å². The van der Waals surface area contributed by atoms with Crippen molar-refractivity contribution in [3.8, 4) is 5.75 Å². The first-order chi connectivity index (χ1) is 11.8. The zero-order valence-corrected chi connectivity index (χ0v) is 14.4. The number of fused-ring (bicyclic) bond motifs is 1. The summed E-state index contributed by atoms with van der Waals surface area (Å²) in [5.41, 5.74) is 2.47. The molecule has 0 spiro atoms. The molecule has 1 aromatic heterocycles. The Labute approximate surface area is 143 Å². The number of nitrogens with zero attached hydrogens (tertiary/aromatic N) is 1. The Balaban J connectivity index is 1.56. The van der Waals surface area contributed by atoms with Crippen LogP contribution in [0.4, 0.5) is 0 Å². The molecule has 24 heavy (non-hydrogen) atoms. The van der Waals surface area contributed by atoms with E-state index in [9.17, 15) is 4.79 Å². The van der Waals surface area contributed by atoms with Crippen LogP contribution in [0.25, 0.3) is 10.9 Å². The van der Waals surface area contributed by atoms with Gasteiger partial charge in [-0.3, -0.25) is 4.79 Å². The molecule has 1 saturated heterocycles. The minimum Gasteiger partial charge on any atom is -0.497 e. The molecule has 1 amide bonds. The Kier molecular flexibility index (Phi) is 4.21. The molecule has 4 heteroatoms. The van der Waals surface area contributed by atoms with Crippen molar-refractivity contribution in [3.05, 3.63) is 30.0 Å². The fourth-order valence-electron chi connectivity index (χ4n) is 4.45. The molecule has 4 nitrogen and oxygen atoms in total. The zero-order valence-electron chi connectivity index (χ0n) is 14.4. The number of hydrogen-bond acceptors (Lipinski definition) is 2. The Morgan fingerprint density at radius 3 is 2.83 bits per heavy atom. The van der Waals surface area contributed by atoms with Crippen molar-refractivity contribution >= 4 is 16.8 Å². The molecule has 2 aromatic rings. The number of aromatic nitrogens is 1. The van der Waals surface area contributed by atoms with Crippen LogP contribution in [-0.4, -0.2) is 36.0 Å². The van der Waals surface area contributed by atoms with Crippen LogP contribution in [-0.2, 0) is 4.79 Å². The lowest BCUT2D eigenvalue weighted by Gasteiger charge is -2.34. The predicted octanol–water partition coefficient (Wildman–Crippen LogP) is 4.07. The van der Waals surface area contributed by atoms with E-state index in [2.05, 4.69) is 28.2 Å². The maximum absolute atomic E-state index is 12.8. The molecular weight excluding hydrogens is 300 g/mol. The van der Waals surface area contributed by atoms with E-state index in [4.69, 9.17) is 4.74 Å². The van der Waals surface area contributed by atoms with Crippen LogP contribution in [0.5, 0.6) is 5.75 Å². The topological polar surface area (TPSA) is 45.3 Å². The number of H-pyrrole nitrogens is 1. The standard InChI is InChI=1S/C20H26N2O2/c1-24-16-8-9-19-17(11-16)18(12-21-19)15-7-4-10-22(13-15)20(23)14-5-2-3-6-14/h8-9,11-12,14-15,21H,2-7,10,13H2,1H3. The smallest absolute Gasteiger partial charge is 0.225 e. The number of likely N-dealkylation sites (tertiary alicyclic amines) is 1. The molecule has 1 unspecified atom stereocenters. The van der Waals surface area contributed by atoms with Crippen molar-refractivity contribution < 1.29 is 9.53 Å². The van der Waals surface area contributed by atoms with E-state index in [0.29, 0.717) is 11.8 Å². The predicted molar refractivity (Wildman–Crippen MR) is 95.4 cm³/mol. The van der Waals surface area contributed by atoms with E-state index in [1.165, 1.54) is 23.8 Å². The number of piperidine rings is 1. The van der Waals surface area contributed by atoms with Crippen molar-refractivity contribution in [1.82, 2.24) is 9.88 Å². The van der Waals surface area contributed by atoms with Gasteiger partial charge in [0.25, 0.3) is 0 Å². The van der Waals surface area contributed by atoms with Gasteiger partial charge in [-0.2, -0.15) is 0 Å². The highest BCUT2D eigenvalue weighted by molar-refractivity contribution is 5.85. The normalized spacial score (nSPS) is 22.2. The molecule has 0 radical (unpaired) electrons. The summed E-state index contributed by atoms with van der Waals surface area (Å²) >= 11 is 0. The van der Waals surface area contributed by atoms with Gasteiger partial charge in [0, 0.05) is 42.0 Å². The van der Waals surface area contributed by atoms with Crippen molar-refractivity contribution in [1.29, 1.82) is 0 Å². The Hall–Kier alpha value is -1.97. The highest BCUT2D eigenvalue weighted by Crippen LogP contribution is 2.35. The molecule has 2 heterocycles. The second kappa shape index (κ2) is 6.50. The number of amides is 1. The molecular formula is C20H26N2O2. The molecule has 1 N–H and O–H groups in total. The Morgan fingerprint density at radius 1 is 1.21 bits per heavy atom. The van der Waals surface area contributed by atoms with E-state index in [1.54, 1.807) is 7.11 Å². The van der Waals surface area contributed by atoms with Crippen LogP contribution in [0.15, 0.2) is 24.4 Å². The lowest BCUT2D eigenvalue weighted by Crippen LogP contribution is -2.41. The minimum atomic E-state index is 0.284. The number of carbonyl (C=O) groups excluding carboxylic acids is 1. The quantitative estimate of drug-likeness (QED) is 0.924. The summed E-state index contributed by atoms with van der Waals surface area (Å²) < 4.78 is 5.38. The van der Waals surface area contributed by atoms with E-state index in [0.717, 1.165) is 50.0 Å². The molecule has 2 aliphatic rings. The largest absolute Gasteiger partial charge is 0.497 e. The molecule has 1 saturated carbocycles. The Morgan fingerprint density at radius 2 is 2.04 bits per heavy atom. The summed E-state index contributed by atoms with van der Waals surface area (Å²) in [6.45, 7) is 1.79. The number of carbonyl (C=O) groups is 1. The van der Waals surface area contributed by atoms with Crippen LogP contribution < -0.4 is 4.74 Å². The summed E-state index contributed by atoms with van der Waals surface area (Å²) in [6, 6.07) is 6.17. The highest BCUT2D eigenvalue weighted by Gasteiger charge is 2.31. The van der Waals surface area contributed by atoms with Gasteiger partial charge in [0.15, 0.2) is 0 Å². The van der Waals surface area contributed by atoms with Gasteiger partial charge in [-0.05, 0) is 49.4 Å². The van der Waals surface area contributed by atoms with E-state index in [-0.39, 0.29) is 5.92 Å². The van der Waals surface area contributed by atoms with E-state index < -0.39 is 0 Å². The summed E-state index contributed by atoms with van der Waals surface area (Å²) in [4.78, 5) is 18.3. The van der Waals surface area contributed by atoms with Crippen LogP contribution in [0.1, 0.15) is 50.0 Å². The zero-order chi connectivity index (χ0) is 16.5. The summed E-state index contributed by atoms with van der Waals surface area (Å²) in [5.74, 6) is 1.99. The number of rotatable bonds is 3. The molecule has 128 valence electrons. The average Bonchev–Trinajstić information content (AvgIpc) is 3.30. The SMILES string of the molecule is COc1ccc2[nH]cc(C3CCCN(C(=O)C4CCCC4)C3)c2c1. The summed E-state index contributed by atoms with van der Waals surface area (Å²) in [7, 11) is 1.70. The van der Waals surface area contributed by atoms with Crippen LogP contribution >= 0.6 is 0 Å². The molecule has 1 atom stereocenters.